The summed E-state index contributed by atoms with van der Waals surface area (Å²) in [7, 11) is 0. The average Bonchev–Trinajstić information content (AvgIpc) is 2.50. The van der Waals surface area contributed by atoms with Crippen LogP contribution in [0, 0.1) is 5.82 Å². The van der Waals surface area contributed by atoms with E-state index in [0.717, 1.165) is 12.1 Å². The highest BCUT2D eigenvalue weighted by Gasteiger charge is 2.32. The van der Waals surface area contributed by atoms with E-state index in [0.29, 0.717) is 12.1 Å². The quantitative estimate of drug-likeness (QED) is 0.630. The van der Waals surface area contributed by atoms with E-state index >= 15 is 0 Å². The number of imide groups is 1. The smallest absolute Gasteiger partial charge is 0.306 e. The summed E-state index contributed by atoms with van der Waals surface area (Å²) < 4.78 is 51.9. The van der Waals surface area contributed by atoms with Crippen LogP contribution in [-0.2, 0) is 6.18 Å². The molecular weight excluding hydrogens is 432 g/mol. The van der Waals surface area contributed by atoms with Gasteiger partial charge < -0.3 is 5.32 Å². The summed E-state index contributed by atoms with van der Waals surface area (Å²) in [5.74, 6) is -1.90. The van der Waals surface area contributed by atoms with Crippen LogP contribution in [0.15, 0.2) is 40.9 Å². The van der Waals surface area contributed by atoms with Crippen molar-refractivity contribution in [3.8, 4) is 0 Å². The number of urea groups is 1. The lowest BCUT2D eigenvalue weighted by Crippen LogP contribution is -2.35. The fourth-order valence-corrected chi connectivity index (χ4v) is 2.36. The number of hydrogen-bond donors (Lipinski definition) is 2. The first-order chi connectivity index (χ1) is 11.6. The third-order valence-electron chi connectivity index (χ3n) is 2.95. The molecule has 0 aliphatic rings. The maximum Gasteiger partial charge on any atom is 0.416 e. The normalized spacial score (nSPS) is 11.1. The summed E-state index contributed by atoms with van der Waals surface area (Å²) in [6.45, 7) is 0. The van der Waals surface area contributed by atoms with Crippen molar-refractivity contribution in [2.45, 2.75) is 6.18 Å². The number of anilines is 1. The van der Waals surface area contributed by atoms with Crippen molar-refractivity contribution in [2.24, 2.45) is 0 Å². The highest BCUT2D eigenvalue weighted by Crippen LogP contribution is 2.38. The first kappa shape index (κ1) is 19.2. The zero-order valence-electron chi connectivity index (χ0n) is 12.0. The minimum atomic E-state index is -4.68. The molecule has 0 saturated heterocycles. The Bertz CT molecular complexity index is 843. The van der Waals surface area contributed by atoms with Crippen LogP contribution in [0.1, 0.15) is 15.9 Å². The van der Waals surface area contributed by atoms with E-state index in [1.807, 2.05) is 5.32 Å². The molecule has 0 atom stereocenters. The number of amides is 3. The molecule has 2 aromatic rings. The summed E-state index contributed by atoms with van der Waals surface area (Å²) in [5, 5.41) is 3.59. The van der Waals surface area contributed by atoms with Gasteiger partial charge in [0.25, 0.3) is 5.91 Å². The molecule has 0 aromatic heterocycles. The minimum Gasteiger partial charge on any atom is -0.306 e. The Morgan fingerprint density at radius 2 is 1.76 bits per heavy atom. The molecule has 0 radical (unpaired) electrons. The molecule has 0 saturated carbocycles. The van der Waals surface area contributed by atoms with Crippen LogP contribution in [0.3, 0.4) is 0 Å². The third kappa shape index (κ3) is 4.70. The number of rotatable bonds is 2. The minimum absolute atomic E-state index is 0.00402. The average molecular weight is 440 g/mol. The van der Waals surface area contributed by atoms with Gasteiger partial charge in [-0.1, -0.05) is 23.7 Å². The second-order valence-corrected chi connectivity index (χ2v) is 5.91. The highest BCUT2D eigenvalue weighted by molar-refractivity contribution is 9.10. The number of carbonyl (C=O) groups excluding carboxylic acids is 2. The standard InChI is InChI=1S/C15H8BrClF4N2O2/c16-12-9(17)5-7(15(19,20)21)6-11(12)22-14(25)23-13(24)8-3-1-2-4-10(8)18/h1-6H,(H2,22,23,24,25). The predicted molar refractivity (Wildman–Crippen MR) is 87.0 cm³/mol. The summed E-state index contributed by atoms with van der Waals surface area (Å²) in [5.41, 5.74) is -1.78. The van der Waals surface area contributed by atoms with Crippen LogP contribution in [0.2, 0.25) is 5.02 Å². The van der Waals surface area contributed by atoms with Crippen molar-refractivity contribution >= 4 is 45.2 Å². The predicted octanol–water partition coefficient (Wildman–Crippen LogP) is 5.22. The zero-order chi connectivity index (χ0) is 18.8. The molecule has 0 aliphatic heterocycles. The van der Waals surface area contributed by atoms with E-state index < -0.39 is 35.1 Å². The summed E-state index contributed by atoms with van der Waals surface area (Å²) in [6.07, 6.45) is -4.68. The number of hydrogen-bond acceptors (Lipinski definition) is 2. The number of benzene rings is 2. The van der Waals surface area contributed by atoms with Gasteiger partial charge in [-0.05, 0) is 40.2 Å². The summed E-state index contributed by atoms with van der Waals surface area (Å²) in [4.78, 5) is 23.6. The van der Waals surface area contributed by atoms with Crippen LogP contribution >= 0.6 is 27.5 Å². The monoisotopic (exact) mass is 438 g/mol. The van der Waals surface area contributed by atoms with E-state index in [9.17, 15) is 27.2 Å². The first-order valence-electron chi connectivity index (χ1n) is 6.52. The van der Waals surface area contributed by atoms with Gasteiger partial charge in [-0.15, -0.1) is 0 Å². The van der Waals surface area contributed by atoms with E-state index in [2.05, 4.69) is 21.2 Å². The largest absolute Gasteiger partial charge is 0.416 e. The van der Waals surface area contributed by atoms with Crippen LogP contribution in [-0.4, -0.2) is 11.9 Å². The Morgan fingerprint density at radius 3 is 2.36 bits per heavy atom. The highest BCUT2D eigenvalue weighted by atomic mass is 79.9. The van der Waals surface area contributed by atoms with E-state index in [4.69, 9.17) is 11.6 Å². The molecule has 0 unspecified atom stereocenters. The molecule has 132 valence electrons. The molecule has 0 fully saturated rings. The molecule has 2 rings (SSSR count). The van der Waals surface area contributed by atoms with Crippen LogP contribution < -0.4 is 10.6 Å². The SMILES string of the molecule is O=C(NC(=O)c1ccccc1F)Nc1cc(C(F)(F)F)cc(Cl)c1Br. The number of carbonyl (C=O) groups is 2. The molecule has 2 N–H and O–H groups in total. The Kier molecular flexibility index (Phi) is 5.69. The zero-order valence-corrected chi connectivity index (χ0v) is 14.4. The van der Waals surface area contributed by atoms with E-state index in [1.165, 1.54) is 12.1 Å². The van der Waals surface area contributed by atoms with Crippen molar-refractivity contribution in [3.05, 3.63) is 62.8 Å². The summed E-state index contributed by atoms with van der Waals surface area (Å²) >= 11 is 8.64. The van der Waals surface area contributed by atoms with E-state index in [1.54, 1.807) is 0 Å². The van der Waals surface area contributed by atoms with Crippen molar-refractivity contribution < 1.29 is 27.2 Å². The van der Waals surface area contributed by atoms with Gasteiger partial charge in [-0.3, -0.25) is 10.1 Å². The molecule has 0 heterocycles. The Morgan fingerprint density at radius 1 is 1.12 bits per heavy atom. The maximum atomic E-state index is 13.5. The molecule has 25 heavy (non-hydrogen) atoms. The van der Waals surface area contributed by atoms with Gasteiger partial charge in [0.15, 0.2) is 0 Å². The molecule has 4 nitrogen and oxygen atoms in total. The van der Waals surface area contributed by atoms with Crippen LogP contribution in [0.4, 0.5) is 28.0 Å². The van der Waals surface area contributed by atoms with Crippen molar-refractivity contribution in [3.63, 3.8) is 0 Å². The summed E-state index contributed by atoms with van der Waals surface area (Å²) in [6, 6.07) is 5.09. The molecule has 2 aromatic carbocycles. The van der Waals surface area contributed by atoms with Crippen molar-refractivity contribution in [2.75, 3.05) is 5.32 Å². The van der Waals surface area contributed by atoms with Gasteiger partial charge >= 0.3 is 12.2 Å². The Hall–Kier alpha value is -2.13. The second-order valence-electron chi connectivity index (χ2n) is 4.71. The van der Waals surface area contributed by atoms with Gasteiger partial charge in [0, 0.05) is 0 Å². The molecule has 0 bridgehead atoms. The first-order valence-corrected chi connectivity index (χ1v) is 7.70. The second kappa shape index (κ2) is 7.40. The van der Waals surface area contributed by atoms with Crippen LogP contribution in [0.5, 0.6) is 0 Å². The van der Waals surface area contributed by atoms with Gasteiger partial charge in [0.2, 0.25) is 0 Å². The van der Waals surface area contributed by atoms with Gasteiger partial charge in [-0.2, -0.15) is 13.2 Å². The third-order valence-corrected chi connectivity index (χ3v) is 4.33. The van der Waals surface area contributed by atoms with Crippen LogP contribution in [0.25, 0.3) is 0 Å². The Labute approximate surface area is 152 Å². The Balaban J connectivity index is 2.19. The van der Waals surface area contributed by atoms with Crippen molar-refractivity contribution in [1.29, 1.82) is 0 Å². The number of alkyl halides is 3. The molecule has 0 spiro atoms. The lowest BCUT2D eigenvalue weighted by atomic mass is 10.2. The maximum absolute atomic E-state index is 13.5. The number of halogens is 6. The van der Waals surface area contributed by atoms with Gasteiger partial charge in [0.05, 0.1) is 26.3 Å². The van der Waals surface area contributed by atoms with Gasteiger partial charge in [-0.25, -0.2) is 9.18 Å². The molecule has 0 aliphatic carbocycles. The molecule has 3 amide bonds. The fourth-order valence-electron chi connectivity index (χ4n) is 1.81. The van der Waals surface area contributed by atoms with Gasteiger partial charge in [0.1, 0.15) is 5.82 Å². The fraction of sp³-hybridized carbons (Fsp3) is 0.0667. The topological polar surface area (TPSA) is 58.2 Å². The van der Waals surface area contributed by atoms with Crippen molar-refractivity contribution in [1.82, 2.24) is 5.32 Å². The van der Waals surface area contributed by atoms with E-state index in [-0.39, 0.29) is 15.2 Å². The molecule has 10 heteroatoms. The molecular formula is C15H8BrClF4N2O2. The number of nitrogens with one attached hydrogen (secondary N) is 2. The lowest BCUT2D eigenvalue weighted by molar-refractivity contribution is -0.137. The lowest BCUT2D eigenvalue weighted by Gasteiger charge is -2.13.